The monoisotopic (exact) mass is 208 g/mol. The maximum Gasteiger partial charge on any atom is 0.252 e. The Labute approximate surface area is 88.9 Å². The zero-order valence-corrected chi connectivity index (χ0v) is 8.95. The highest BCUT2D eigenvalue weighted by Gasteiger charge is 2.13. The average molecular weight is 208 g/mol. The summed E-state index contributed by atoms with van der Waals surface area (Å²) < 4.78 is 0. The van der Waals surface area contributed by atoms with Crippen molar-refractivity contribution >= 4 is 11.7 Å². The van der Waals surface area contributed by atoms with Gasteiger partial charge >= 0.3 is 0 Å². The predicted octanol–water partition coefficient (Wildman–Crippen LogP) is 0.330. The summed E-state index contributed by atoms with van der Waals surface area (Å²) >= 11 is 0. The van der Waals surface area contributed by atoms with Crippen LogP contribution in [0.15, 0.2) is 18.3 Å². The Morgan fingerprint density at radius 2 is 2.27 bits per heavy atom. The standard InChI is InChI=1S/C10H16N4O/c1-10(2,12)6-14-9-7(8(11)15)4-3-5-13-9/h3-5H,6,12H2,1-2H3,(H2,11,15)(H,13,14). The maximum atomic E-state index is 11.1. The topological polar surface area (TPSA) is 94.0 Å². The molecule has 5 N–H and O–H groups in total. The van der Waals surface area contributed by atoms with E-state index in [0.29, 0.717) is 17.9 Å². The highest BCUT2D eigenvalue weighted by Crippen LogP contribution is 2.11. The summed E-state index contributed by atoms with van der Waals surface area (Å²) in [5.41, 5.74) is 11.0. The molecule has 1 aromatic rings. The first-order valence-electron chi connectivity index (χ1n) is 4.68. The lowest BCUT2D eigenvalue weighted by Crippen LogP contribution is -2.40. The van der Waals surface area contributed by atoms with E-state index in [1.165, 1.54) is 0 Å². The van der Waals surface area contributed by atoms with Gasteiger partial charge < -0.3 is 16.8 Å². The molecular weight excluding hydrogens is 192 g/mol. The summed E-state index contributed by atoms with van der Waals surface area (Å²) in [5, 5.41) is 3.00. The highest BCUT2D eigenvalue weighted by molar-refractivity contribution is 5.97. The summed E-state index contributed by atoms with van der Waals surface area (Å²) in [6, 6.07) is 3.29. The maximum absolute atomic E-state index is 11.1. The average Bonchev–Trinajstić information content (AvgIpc) is 2.14. The van der Waals surface area contributed by atoms with Crippen molar-refractivity contribution in [3.8, 4) is 0 Å². The molecule has 0 atom stereocenters. The number of hydrogen-bond donors (Lipinski definition) is 3. The lowest BCUT2D eigenvalue weighted by Gasteiger charge is -2.19. The van der Waals surface area contributed by atoms with Gasteiger partial charge in [-0.15, -0.1) is 0 Å². The van der Waals surface area contributed by atoms with Crippen LogP contribution in [0, 0.1) is 0 Å². The van der Waals surface area contributed by atoms with Crippen molar-refractivity contribution in [2.75, 3.05) is 11.9 Å². The largest absolute Gasteiger partial charge is 0.368 e. The molecule has 0 aliphatic rings. The summed E-state index contributed by atoms with van der Waals surface area (Å²) in [4.78, 5) is 15.1. The van der Waals surface area contributed by atoms with Gasteiger partial charge in [-0.25, -0.2) is 4.98 Å². The van der Waals surface area contributed by atoms with Crippen LogP contribution in [0.1, 0.15) is 24.2 Å². The molecule has 15 heavy (non-hydrogen) atoms. The van der Waals surface area contributed by atoms with Crippen molar-refractivity contribution < 1.29 is 4.79 Å². The number of amides is 1. The zero-order chi connectivity index (χ0) is 11.5. The second-order valence-corrected chi connectivity index (χ2v) is 4.11. The number of carbonyl (C=O) groups is 1. The molecule has 1 heterocycles. The number of rotatable bonds is 4. The number of nitrogens with two attached hydrogens (primary N) is 2. The summed E-state index contributed by atoms with van der Waals surface area (Å²) in [6.45, 7) is 4.28. The van der Waals surface area contributed by atoms with Crippen LogP contribution in [0.3, 0.4) is 0 Å². The first kappa shape index (κ1) is 11.5. The molecule has 0 aromatic carbocycles. The number of pyridine rings is 1. The van der Waals surface area contributed by atoms with Gasteiger partial charge in [-0.2, -0.15) is 0 Å². The van der Waals surface area contributed by atoms with Crippen molar-refractivity contribution in [3.63, 3.8) is 0 Å². The quantitative estimate of drug-likeness (QED) is 0.664. The van der Waals surface area contributed by atoms with Crippen LogP contribution < -0.4 is 16.8 Å². The second-order valence-electron chi connectivity index (χ2n) is 4.11. The van der Waals surface area contributed by atoms with Crippen molar-refractivity contribution in [2.45, 2.75) is 19.4 Å². The molecule has 0 aliphatic heterocycles. The molecule has 1 rings (SSSR count). The number of anilines is 1. The molecule has 0 saturated heterocycles. The smallest absolute Gasteiger partial charge is 0.252 e. The normalized spacial score (nSPS) is 11.1. The second kappa shape index (κ2) is 4.27. The zero-order valence-electron chi connectivity index (χ0n) is 8.95. The van der Waals surface area contributed by atoms with Gasteiger partial charge in [0.15, 0.2) is 0 Å². The van der Waals surface area contributed by atoms with Gasteiger partial charge in [0, 0.05) is 18.3 Å². The minimum atomic E-state index is -0.500. The number of hydrogen-bond acceptors (Lipinski definition) is 4. The van der Waals surface area contributed by atoms with E-state index in [-0.39, 0.29) is 5.54 Å². The van der Waals surface area contributed by atoms with Gasteiger partial charge in [0.05, 0.1) is 5.56 Å². The van der Waals surface area contributed by atoms with E-state index >= 15 is 0 Å². The number of primary amides is 1. The van der Waals surface area contributed by atoms with E-state index in [4.69, 9.17) is 11.5 Å². The lowest BCUT2D eigenvalue weighted by atomic mass is 10.1. The van der Waals surface area contributed by atoms with Crippen LogP contribution in [-0.2, 0) is 0 Å². The molecule has 0 saturated carbocycles. The van der Waals surface area contributed by atoms with Gasteiger partial charge in [-0.1, -0.05) is 0 Å². The Morgan fingerprint density at radius 3 is 2.80 bits per heavy atom. The molecule has 82 valence electrons. The van der Waals surface area contributed by atoms with E-state index in [0.717, 1.165) is 0 Å². The van der Waals surface area contributed by atoms with Crippen LogP contribution in [0.25, 0.3) is 0 Å². The van der Waals surface area contributed by atoms with Crippen LogP contribution in [0.4, 0.5) is 5.82 Å². The molecule has 5 heteroatoms. The Kier molecular flexibility index (Phi) is 3.26. The summed E-state index contributed by atoms with van der Waals surface area (Å²) in [7, 11) is 0. The fourth-order valence-corrected chi connectivity index (χ4v) is 1.06. The molecule has 0 spiro atoms. The van der Waals surface area contributed by atoms with E-state index in [1.54, 1.807) is 18.3 Å². The van der Waals surface area contributed by atoms with Crippen LogP contribution in [0.5, 0.6) is 0 Å². The van der Waals surface area contributed by atoms with Gasteiger partial charge in [0.2, 0.25) is 0 Å². The molecular formula is C10H16N4O. The first-order chi connectivity index (χ1) is 6.90. The third kappa shape index (κ3) is 3.55. The van der Waals surface area contributed by atoms with E-state index < -0.39 is 5.91 Å². The number of carbonyl (C=O) groups excluding carboxylic acids is 1. The molecule has 5 nitrogen and oxygen atoms in total. The third-order valence-corrected chi connectivity index (χ3v) is 1.78. The van der Waals surface area contributed by atoms with Gasteiger partial charge in [0.25, 0.3) is 5.91 Å². The van der Waals surface area contributed by atoms with E-state index in [1.807, 2.05) is 13.8 Å². The number of nitrogens with one attached hydrogen (secondary N) is 1. The minimum Gasteiger partial charge on any atom is -0.368 e. The Morgan fingerprint density at radius 1 is 1.60 bits per heavy atom. The third-order valence-electron chi connectivity index (χ3n) is 1.78. The van der Waals surface area contributed by atoms with Crippen LogP contribution >= 0.6 is 0 Å². The van der Waals surface area contributed by atoms with Gasteiger partial charge in [-0.3, -0.25) is 4.79 Å². The van der Waals surface area contributed by atoms with Crippen molar-refractivity contribution in [1.82, 2.24) is 4.98 Å². The van der Waals surface area contributed by atoms with Crippen molar-refractivity contribution in [3.05, 3.63) is 23.9 Å². The first-order valence-corrected chi connectivity index (χ1v) is 4.68. The summed E-state index contributed by atoms with van der Waals surface area (Å²) in [5.74, 6) is -0.0241. The molecule has 0 aliphatic carbocycles. The molecule has 1 amide bonds. The minimum absolute atomic E-state index is 0.369. The Bertz CT molecular complexity index is 357. The molecule has 0 radical (unpaired) electrons. The van der Waals surface area contributed by atoms with Gasteiger partial charge in [-0.05, 0) is 26.0 Å². The Hall–Kier alpha value is -1.62. The molecule has 1 aromatic heterocycles. The van der Waals surface area contributed by atoms with Crippen molar-refractivity contribution in [1.29, 1.82) is 0 Å². The predicted molar refractivity (Wildman–Crippen MR) is 59.5 cm³/mol. The van der Waals surface area contributed by atoms with Crippen molar-refractivity contribution in [2.24, 2.45) is 11.5 Å². The fraction of sp³-hybridized carbons (Fsp3) is 0.400. The van der Waals surface area contributed by atoms with E-state index in [2.05, 4.69) is 10.3 Å². The molecule has 0 bridgehead atoms. The fourth-order valence-electron chi connectivity index (χ4n) is 1.06. The Balaban J connectivity index is 2.81. The number of aromatic nitrogens is 1. The van der Waals surface area contributed by atoms with Crippen LogP contribution in [0.2, 0.25) is 0 Å². The van der Waals surface area contributed by atoms with Crippen LogP contribution in [-0.4, -0.2) is 23.0 Å². The number of nitrogens with zero attached hydrogens (tertiary/aromatic N) is 1. The highest BCUT2D eigenvalue weighted by atomic mass is 16.1. The molecule has 0 fully saturated rings. The van der Waals surface area contributed by atoms with E-state index in [9.17, 15) is 4.79 Å². The SMILES string of the molecule is CC(C)(N)CNc1ncccc1C(N)=O. The van der Waals surface area contributed by atoms with Gasteiger partial charge in [0.1, 0.15) is 5.82 Å². The lowest BCUT2D eigenvalue weighted by molar-refractivity contribution is 0.100. The summed E-state index contributed by atoms with van der Waals surface area (Å²) in [6.07, 6.45) is 1.60. The molecule has 0 unspecified atom stereocenters.